The minimum absolute atomic E-state index is 0.0222. The lowest BCUT2D eigenvalue weighted by molar-refractivity contribution is 0.765. The Morgan fingerprint density at radius 3 is 2.93 bits per heavy atom. The van der Waals surface area contributed by atoms with Crippen LogP contribution in [0.5, 0.6) is 0 Å². The Bertz CT molecular complexity index is 335. The number of hydrogen-bond acceptors (Lipinski definition) is 3. The highest BCUT2D eigenvalue weighted by Gasteiger charge is 2.09. The second-order valence-corrected chi connectivity index (χ2v) is 3.56. The van der Waals surface area contributed by atoms with Crippen molar-refractivity contribution < 1.29 is 0 Å². The van der Waals surface area contributed by atoms with E-state index in [4.69, 9.17) is 11.1 Å². The lowest BCUT2D eigenvalue weighted by Crippen LogP contribution is -2.24. The molecule has 0 aliphatic carbocycles. The van der Waals surface area contributed by atoms with Crippen LogP contribution >= 0.6 is 0 Å². The molecule has 0 saturated carbocycles. The summed E-state index contributed by atoms with van der Waals surface area (Å²) in [6.45, 7) is 3.12. The minimum atomic E-state index is 0.0222. The molecule has 1 aromatic heterocycles. The normalized spacial score (nSPS) is 10.0. The Morgan fingerprint density at radius 2 is 2.33 bits per heavy atom. The third-order valence-electron chi connectivity index (χ3n) is 2.30. The fourth-order valence-corrected chi connectivity index (χ4v) is 1.43. The molecule has 15 heavy (non-hydrogen) atoms. The van der Waals surface area contributed by atoms with Crippen molar-refractivity contribution in [1.82, 2.24) is 4.98 Å². The zero-order chi connectivity index (χ0) is 11.3. The summed E-state index contributed by atoms with van der Waals surface area (Å²) in [5.41, 5.74) is 6.97. The fourth-order valence-electron chi connectivity index (χ4n) is 1.43. The van der Waals surface area contributed by atoms with Gasteiger partial charge in [0.2, 0.25) is 0 Å². The van der Waals surface area contributed by atoms with E-state index >= 15 is 0 Å². The molecule has 0 radical (unpaired) electrons. The maximum Gasteiger partial charge on any atom is 0.143 e. The molecule has 0 atom stereocenters. The van der Waals surface area contributed by atoms with Crippen molar-refractivity contribution in [3.63, 3.8) is 0 Å². The molecule has 0 aliphatic rings. The highest BCUT2D eigenvalue weighted by molar-refractivity contribution is 5.98. The van der Waals surface area contributed by atoms with Crippen LogP contribution in [-0.4, -0.2) is 24.4 Å². The monoisotopic (exact) mass is 206 g/mol. The summed E-state index contributed by atoms with van der Waals surface area (Å²) in [5.74, 6) is 0.0222. The summed E-state index contributed by atoms with van der Waals surface area (Å²) in [7, 11) is 2.00. The second-order valence-electron chi connectivity index (χ2n) is 3.56. The van der Waals surface area contributed by atoms with Gasteiger partial charge in [-0.25, -0.2) is 0 Å². The van der Waals surface area contributed by atoms with Crippen molar-refractivity contribution in [2.75, 3.05) is 18.5 Å². The van der Waals surface area contributed by atoms with E-state index in [1.807, 2.05) is 19.2 Å². The van der Waals surface area contributed by atoms with E-state index in [0.717, 1.165) is 25.1 Å². The van der Waals surface area contributed by atoms with E-state index in [1.165, 1.54) is 0 Å². The Balaban J connectivity index is 2.87. The highest BCUT2D eigenvalue weighted by atomic mass is 15.1. The third-order valence-corrected chi connectivity index (χ3v) is 2.30. The van der Waals surface area contributed by atoms with E-state index in [-0.39, 0.29) is 5.84 Å². The van der Waals surface area contributed by atoms with Crippen molar-refractivity contribution in [3.8, 4) is 0 Å². The van der Waals surface area contributed by atoms with Crippen LogP contribution in [0.2, 0.25) is 0 Å². The van der Waals surface area contributed by atoms with Crippen molar-refractivity contribution in [2.45, 2.75) is 19.8 Å². The van der Waals surface area contributed by atoms with Gasteiger partial charge < -0.3 is 10.6 Å². The zero-order valence-electron chi connectivity index (χ0n) is 9.33. The minimum Gasteiger partial charge on any atom is -0.382 e. The van der Waals surface area contributed by atoms with Crippen molar-refractivity contribution in [2.24, 2.45) is 5.73 Å². The third kappa shape index (κ3) is 2.94. The molecule has 0 fully saturated rings. The Hall–Kier alpha value is -1.58. The average Bonchev–Trinajstić information content (AvgIpc) is 2.25. The van der Waals surface area contributed by atoms with Crippen LogP contribution in [0, 0.1) is 5.41 Å². The number of anilines is 1. The molecule has 1 rings (SSSR count). The van der Waals surface area contributed by atoms with Gasteiger partial charge in [-0.05, 0) is 18.6 Å². The number of nitrogens with one attached hydrogen (secondary N) is 1. The summed E-state index contributed by atoms with van der Waals surface area (Å²) < 4.78 is 0. The SMILES string of the molecule is CCCCN(C)c1cccnc1C(=N)N. The van der Waals surface area contributed by atoms with Crippen LogP contribution in [0.3, 0.4) is 0 Å². The summed E-state index contributed by atoms with van der Waals surface area (Å²) in [4.78, 5) is 6.21. The molecule has 0 bridgehead atoms. The average molecular weight is 206 g/mol. The number of rotatable bonds is 5. The van der Waals surface area contributed by atoms with Crippen LogP contribution in [0.25, 0.3) is 0 Å². The molecule has 4 nitrogen and oxygen atoms in total. The smallest absolute Gasteiger partial charge is 0.143 e. The maximum atomic E-state index is 7.44. The van der Waals surface area contributed by atoms with Gasteiger partial charge >= 0.3 is 0 Å². The highest BCUT2D eigenvalue weighted by Crippen LogP contribution is 2.16. The van der Waals surface area contributed by atoms with Crippen LogP contribution in [0.4, 0.5) is 5.69 Å². The van der Waals surface area contributed by atoms with Gasteiger partial charge in [0.05, 0.1) is 5.69 Å². The molecule has 4 heteroatoms. The number of hydrogen-bond donors (Lipinski definition) is 2. The van der Waals surface area contributed by atoms with Crippen molar-refractivity contribution >= 4 is 11.5 Å². The number of pyridine rings is 1. The van der Waals surface area contributed by atoms with E-state index in [9.17, 15) is 0 Å². The number of amidine groups is 1. The molecule has 82 valence electrons. The van der Waals surface area contributed by atoms with Crippen LogP contribution < -0.4 is 10.6 Å². The Morgan fingerprint density at radius 1 is 1.60 bits per heavy atom. The molecule has 0 spiro atoms. The largest absolute Gasteiger partial charge is 0.382 e. The van der Waals surface area contributed by atoms with Crippen molar-refractivity contribution in [1.29, 1.82) is 5.41 Å². The topological polar surface area (TPSA) is 66.0 Å². The summed E-state index contributed by atoms with van der Waals surface area (Å²) in [6.07, 6.45) is 3.94. The van der Waals surface area contributed by atoms with Gasteiger partial charge in [-0.1, -0.05) is 13.3 Å². The molecule has 0 unspecified atom stereocenters. The van der Waals surface area contributed by atoms with Crippen molar-refractivity contribution in [3.05, 3.63) is 24.0 Å². The molecule has 0 saturated heterocycles. The first-order chi connectivity index (χ1) is 7.16. The molecule has 3 N–H and O–H groups in total. The first-order valence-electron chi connectivity index (χ1n) is 5.17. The molecule has 1 heterocycles. The fraction of sp³-hybridized carbons (Fsp3) is 0.455. The molecular weight excluding hydrogens is 188 g/mol. The predicted octanol–water partition coefficient (Wildman–Crippen LogP) is 1.60. The summed E-state index contributed by atoms with van der Waals surface area (Å²) in [6, 6.07) is 3.81. The molecule has 0 amide bonds. The van der Waals surface area contributed by atoms with Gasteiger partial charge in [-0.2, -0.15) is 0 Å². The number of aromatic nitrogens is 1. The Kier molecular flexibility index (Phi) is 4.09. The molecule has 1 aromatic rings. The second kappa shape index (κ2) is 5.34. The lowest BCUT2D eigenvalue weighted by Gasteiger charge is -2.20. The molecule has 0 aliphatic heterocycles. The van der Waals surface area contributed by atoms with Gasteiger partial charge in [0.1, 0.15) is 11.5 Å². The number of nitrogens with zero attached hydrogens (tertiary/aromatic N) is 2. The number of nitrogen functional groups attached to an aromatic ring is 1. The summed E-state index contributed by atoms with van der Waals surface area (Å²) in [5, 5.41) is 7.44. The van der Waals surface area contributed by atoms with E-state index in [1.54, 1.807) is 6.20 Å². The van der Waals surface area contributed by atoms with Gasteiger partial charge in [-0.15, -0.1) is 0 Å². The first-order valence-corrected chi connectivity index (χ1v) is 5.17. The van der Waals surface area contributed by atoms with E-state index in [0.29, 0.717) is 5.69 Å². The maximum absolute atomic E-state index is 7.44. The van der Waals surface area contributed by atoms with Gasteiger partial charge in [-0.3, -0.25) is 10.4 Å². The van der Waals surface area contributed by atoms with E-state index in [2.05, 4.69) is 16.8 Å². The van der Waals surface area contributed by atoms with Gasteiger partial charge in [0.15, 0.2) is 0 Å². The predicted molar refractivity (Wildman–Crippen MR) is 63.4 cm³/mol. The van der Waals surface area contributed by atoms with Crippen LogP contribution in [0.1, 0.15) is 25.5 Å². The lowest BCUT2D eigenvalue weighted by atomic mass is 10.2. The number of unbranched alkanes of at least 4 members (excludes halogenated alkanes) is 1. The molecule has 0 aromatic carbocycles. The van der Waals surface area contributed by atoms with E-state index < -0.39 is 0 Å². The van der Waals surface area contributed by atoms with Gasteiger partial charge in [0.25, 0.3) is 0 Å². The quantitative estimate of drug-likeness (QED) is 0.568. The van der Waals surface area contributed by atoms with Crippen LogP contribution in [0.15, 0.2) is 18.3 Å². The first kappa shape index (κ1) is 11.5. The number of nitrogens with two attached hydrogens (primary N) is 1. The molecular formula is C11H18N4. The van der Waals surface area contributed by atoms with Crippen LogP contribution in [-0.2, 0) is 0 Å². The zero-order valence-corrected chi connectivity index (χ0v) is 9.33. The standard InChI is InChI=1S/C11H18N4/c1-3-4-8-15(2)9-6-5-7-14-10(9)11(12)13/h5-7H,3-4,8H2,1-2H3,(H3,12,13). The summed E-state index contributed by atoms with van der Waals surface area (Å²) >= 11 is 0. The van der Waals surface area contributed by atoms with Gasteiger partial charge in [0, 0.05) is 19.8 Å². The Labute approximate surface area is 90.6 Å².